The number of nitrogens with two attached hydrogens (primary N) is 1. The van der Waals surface area contributed by atoms with Crippen molar-refractivity contribution < 1.29 is 8.42 Å². The van der Waals surface area contributed by atoms with Crippen LogP contribution in [-0.4, -0.2) is 30.8 Å². The van der Waals surface area contributed by atoms with Crippen LogP contribution < -0.4 is 5.73 Å². The number of thiophene rings is 1. The van der Waals surface area contributed by atoms with Gasteiger partial charge in [-0.1, -0.05) is 25.6 Å². The summed E-state index contributed by atoms with van der Waals surface area (Å²) in [5.41, 5.74) is 5.52. The molecule has 0 aliphatic carbocycles. The maximum atomic E-state index is 12.5. The fraction of sp³-hybridized carbons (Fsp3) is 0.583. The quantitative estimate of drug-likeness (QED) is 0.865. The highest BCUT2D eigenvalue weighted by Gasteiger charge is 2.30. The Kier molecular flexibility index (Phi) is 4.60. The van der Waals surface area contributed by atoms with Crippen molar-refractivity contribution in [3.8, 4) is 0 Å². The second kappa shape index (κ2) is 5.87. The lowest BCUT2D eigenvalue weighted by molar-refractivity contribution is 0.269. The second-order valence-electron chi connectivity index (χ2n) is 4.74. The van der Waals surface area contributed by atoms with E-state index in [9.17, 15) is 8.42 Å². The van der Waals surface area contributed by atoms with Crippen LogP contribution in [0.5, 0.6) is 0 Å². The zero-order valence-corrected chi connectivity index (χ0v) is 13.3. The fourth-order valence-corrected chi connectivity index (χ4v) is 5.25. The molecule has 1 aliphatic heterocycles. The average molecular weight is 318 g/mol. The number of hydrogen-bond donors (Lipinski definition) is 1. The third-order valence-corrected chi connectivity index (χ3v) is 7.40. The summed E-state index contributed by atoms with van der Waals surface area (Å²) in [6.07, 6.45) is 3.02. The minimum absolute atomic E-state index is 0.246. The monoisotopic (exact) mass is 318 g/mol. The van der Waals surface area contributed by atoms with Gasteiger partial charge in [0, 0.05) is 13.1 Å². The smallest absolute Gasteiger partial charge is 0.252 e. The normalized spacial score (nSPS) is 18.6. The van der Waals surface area contributed by atoms with Gasteiger partial charge in [0.2, 0.25) is 0 Å². The van der Waals surface area contributed by atoms with E-state index in [2.05, 4.69) is 6.92 Å². The molecule has 2 heterocycles. The van der Waals surface area contributed by atoms with Crippen molar-refractivity contribution in [2.45, 2.75) is 30.4 Å². The SMILES string of the molecule is CCC1CCN(S(=O)(=O)c2ccc(C(N)=S)s2)CC1. The van der Waals surface area contributed by atoms with Crippen LogP contribution in [0.1, 0.15) is 31.1 Å². The van der Waals surface area contributed by atoms with Crippen molar-refractivity contribution in [1.82, 2.24) is 4.31 Å². The first kappa shape index (κ1) is 14.9. The first-order valence-electron chi connectivity index (χ1n) is 6.35. The van der Waals surface area contributed by atoms with E-state index in [1.807, 2.05) is 0 Å². The van der Waals surface area contributed by atoms with Crippen molar-refractivity contribution in [1.29, 1.82) is 0 Å². The van der Waals surface area contributed by atoms with Crippen LogP contribution in [0.4, 0.5) is 0 Å². The highest BCUT2D eigenvalue weighted by atomic mass is 32.2. The molecule has 0 bridgehead atoms. The van der Waals surface area contributed by atoms with Crippen LogP contribution in [0.3, 0.4) is 0 Å². The van der Waals surface area contributed by atoms with Gasteiger partial charge in [-0.2, -0.15) is 4.31 Å². The molecule has 4 nitrogen and oxygen atoms in total. The van der Waals surface area contributed by atoms with Crippen LogP contribution in [-0.2, 0) is 10.0 Å². The highest BCUT2D eigenvalue weighted by Crippen LogP contribution is 2.29. The first-order chi connectivity index (χ1) is 8.95. The van der Waals surface area contributed by atoms with E-state index < -0.39 is 10.0 Å². The van der Waals surface area contributed by atoms with Gasteiger partial charge < -0.3 is 5.73 Å². The van der Waals surface area contributed by atoms with Gasteiger partial charge in [-0.3, -0.25) is 0 Å². The molecule has 0 radical (unpaired) electrons. The Hall–Kier alpha value is -0.500. The van der Waals surface area contributed by atoms with Gasteiger partial charge in [0.15, 0.2) is 0 Å². The van der Waals surface area contributed by atoms with Gasteiger partial charge in [-0.15, -0.1) is 11.3 Å². The number of hydrogen-bond acceptors (Lipinski definition) is 4. The molecule has 1 fully saturated rings. The summed E-state index contributed by atoms with van der Waals surface area (Å²) >= 11 is 6.02. The Morgan fingerprint density at radius 2 is 2.11 bits per heavy atom. The number of piperidine rings is 1. The van der Waals surface area contributed by atoms with Crippen molar-refractivity contribution in [3.05, 3.63) is 17.0 Å². The predicted molar refractivity (Wildman–Crippen MR) is 82.0 cm³/mol. The van der Waals surface area contributed by atoms with E-state index in [4.69, 9.17) is 18.0 Å². The Labute approximate surface area is 123 Å². The van der Waals surface area contributed by atoms with Crippen molar-refractivity contribution in [3.63, 3.8) is 0 Å². The molecule has 0 unspecified atom stereocenters. The third-order valence-electron chi connectivity index (χ3n) is 3.57. The van der Waals surface area contributed by atoms with Crippen LogP contribution in [0, 0.1) is 5.92 Å². The number of sulfonamides is 1. The van der Waals surface area contributed by atoms with Crippen molar-refractivity contribution in [2.75, 3.05) is 13.1 Å². The zero-order valence-electron chi connectivity index (χ0n) is 10.8. The molecule has 2 rings (SSSR count). The van der Waals surface area contributed by atoms with Gasteiger partial charge in [0.1, 0.15) is 9.20 Å². The number of nitrogens with zero attached hydrogens (tertiary/aromatic N) is 1. The van der Waals surface area contributed by atoms with E-state index in [-0.39, 0.29) is 4.99 Å². The Morgan fingerprint density at radius 1 is 1.47 bits per heavy atom. The van der Waals surface area contributed by atoms with E-state index in [0.29, 0.717) is 28.1 Å². The molecule has 106 valence electrons. The molecule has 1 saturated heterocycles. The van der Waals surface area contributed by atoms with Crippen LogP contribution in [0.25, 0.3) is 0 Å². The summed E-state index contributed by atoms with van der Waals surface area (Å²) in [6, 6.07) is 3.28. The Morgan fingerprint density at radius 3 is 2.58 bits per heavy atom. The summed E-state index contributed by atoms with van der Waals surface area (Å²) in [5, 5.41) is 0. The largest absolute Gasteiger partial charge is 0.389 e. The van der Waals surface area contributed by atoms with Gasteiger partial charge in [0.05, 0.1) is 4.88 Å². The third kappa shape index (κ3) is 3.16. The predicted octanol–water partition coefficient (Wildman–Crippen LogP) is 2.19. The van der Waals surface area contributed by atoms with Crippen LogP contribution >= 0.6 is 23.6 Å². The summed E-state index contributed by atoms with van der Waals surface area (Å²) in [7, 11) is -3.37. The molecule has 1 aromatic heterocycles. The van der Waals surface area contributed by atoms with Crippen molar-refractivity contribution in [2.24, 2.45) is 11.7 Å². The Bertz CT molecular complexity index is 557. The molecule has 0 amide bonds. The lowest BCUT2D eigenvalue weighted by Crippen LogP contribution is -2.37. The minimum Gasteiger partial charge on any atom is -0.389 e. The topological polar surface area (TPSA) is 63.4 Å². The zero-order chi connectivity index (χ0) is 14.0. The number of rotatable bonds is 4. The molecule has 0 saturated carbocycles. The Balaban J connectivity index is 2.16. The van der Waals surface area contributed by atoms with E-state index in [1.54, 1.807) is 16.4 Å². The van der Waals surface area contributed by atoms with Crippen LogP contribution in [0.2, 0.25) is 0 Å². The lowest BCUT2D eigenvalue weighted by Gasteiger charge is -2.30. The molecular weight excluding hydrogens is 300 g/mol. The van der Waals surface area contributed by atoms with E-state index >= 15 is 0 Å². The molecule has 1 aromatic rings. The molecule has 7 heteroatoms. The second-order valence-corrected chi connectivity index (χ2v) is 8.43. The molecule has 19 heavy (non-hydrogen) atoms. The van der Waals surface area contributed by atoms with Gasteiger partial charge in [-0.25, -0.2) is 8.42 Å². The summed E-state index contributed by atoms with van der Waals surface area (Å²) < 4.78 is 26.9. The molecular formula is C12H18N2O2S3. The van der Waals surface area contributed by atoms with Crippen molar-refractivity contribution >= 4 is 38.6 Å². The molecule has 2 N–H and O–H groups in total. The molecule has 0 spiro atoms. The standard InChI is InChI=1S/C12H18N2O2S3/c1-2-9-5-7-14(8-6-9)19(15,16)11-4-3-10(18-11)12(13)17/h3-4,9H,2,5-8H2,1H3,(H2,13,17). The molecule has 1 aliphatic rings. The fourth-order valence-electron chi connectivity index (χ4n) is 2.28. The average Bonchev–Trinajstić information content (AvgIpc) is 2.89. The van der Waals surface area contributed by atoms with Gasteiger partial charge in [0.25, 0.3) is 10.0 Å². The molecule has 0 atom stereocenters. The van der Waals surface area contributed by atoms with Gasteiger partial charge in [-0.05, 0) is 30.9 Å². The number of thiocarbonyl (C=S) groups is 1. The summed E-state index contributed by atoms with van der Waals surface area (Å²) in [6.45, 7) is 3.38. The molecule has 0 aromatic carbocycles. The summed E-state index contributed by atoms with van der Waals surface area (Å²) in [4.78, 5) is 0.896. The maximum Gasteiger partial charge on any atom is 0.252 e. The minimum atomic E-state index is -3.37. The first-order valence-corrected chi connectivity index (χ1v) is 9.01. The van der Waals surface area contributed by atoms with Gasteiger partial charge >= 0.3 is 0 Å². The maximum absolute atomic E-state index is 12.5. The lowest BCUT2D eigenvalue weighted by atomic mass is 9.96. The highest BCUT2D eigenvalue weighted by molar-refractivity contribution is 7.91. The van der Waals surface area contributed by atoms with Crippen LogP contribution in [0.15, 0.2) is 16.3 Å². The van der Waals surface area contributed by atoms with E-state index in [1.165, 1.54) is 0 Å². The summed E-state index contributed by atoms with van der Waals surface area (Å²) in [5.74, 6) is 0.655. The van der Waals surface area contributed by atoms with E-state index in [0.717, 1.165) is 30.6 Å².